The Hall–Kier alpha value is -0.650. The van der Waals surface area contributed by atoms with Crippen molar-refractivity contribution in [3.63, 3.8) is 0 Å². The third-order valence-electron chi connectivity index (χ3n) is 3.91. The number of likely N-dealkylation sites (tertiary alicyclic amines) is 1. The zero-order valence-electron chi connectivity index (χ0n) is 11.8. The lowest BCUT2D eigenvalue weighted by Crippen LogP contribution is -2.46. The van der Waals surface area contributed by atoms with E-state index in [1.165, 1.54) is 13.5 Å². The van der Waals surface area contributed by atoms with Gasteiger partial charge in [0, 0.05) is 13.2 Å². The SMILES string of the molecule is COC(=O)[C@H]1CCCCN1CCO[C@H]1CCCCO1. The summed E-state index contributed by atoms with van der Waals surface area (Å²) in [5.41, 5.74) is 0. The first-order valence-electron chi connectivity index (χ1n) is 7.36. The molecule has 0 aromatic heterocycles. The van der Waals surface area contributed by atoms with Gasteiger partial charge in [-0.2, -0.15) is 0 Å². The average molecular weight is 271 g/mol. The monoisotopic (exact) mass is 271 g/mol. The first kappa shape index (κ1) is 14.8. The third-order valence-corrected chi connectivity index (χ3v) is 3.91. The van der Waals surface area contributed by atoms with E-state index in [2.05, 4.69) is 4.90 Å². The van der Waals surface area contributed by atoms with Crippen molar-refractivity contribution < 1.29 is 19.0 Å². The summed E-state index contributed by atoms with van der Waals surface area (Å²) in [5, 5.41) is 0. The molecule has 5 nitrogen and oxygen atoms in total. The first-order chi connectivity index (χ1) is 9.31. The maximum Gasteiger partial charge on any atom is 0.323 e. The van der Waals surface area contributed by atoms with E-state index in [4.69, 9.17) is 14.2 Å². The zero-order valence-corrected chi connectivity index (χ0v) is 11.8. The van der Waals surface area contributed by atoms with Crippen molar-refractivity contribution in [1.82, 2.24) is 4.90 Å². The van der Waals surface area contributed by atoms with Gasteiger partial charge in [0.1, 0.15) is 6.04 Å². The number of rotatable bonds is 5. The van der Waals surface area contributed by atoms with E-state index >= 15 is 0 Å². The van der Waals surface area contributed by atoms with Gasteiger partial charge in [-0.3, -0.25) is 9.69 Å². The summed E-state index contributed by atoms with van der Waals surface area (Å²) >= 11 is 0. The molecule has 2 aliphatic heterocycles. The van der Waals surface area contributed by atoms with Gasteiger partial charge >= 0.3 is 5.97 Å². The summed E-state index contributed by atoms with van der Waals surface area (Å²) in [5.74, 6) is -0.117. The van der Waals surface area contributed by atoms with Gasteiger partial charge in [0.25, 0.3) is 0 Å². The fraction of sp³-hybridized carbons (Fsp3) is 0.929. The molecule has 0 spiro atoms. The molecule has 19 heavy (non-hydrogen) atoms. The van der Waals surface area contributed by atoms with Crippen LogP contribution in [0, 0.1) is 0 Å². The van der Waals surface area contributed by atoms with Crippen LogP contribution in [0.25, 0.3) is 0 Å². The maximum atomic E-state index is 11.7. The lowest BCUT2D eigenvalue weighted by atomic mass is 10.0. The topological polar surface area (TPSA) is 48.0 Å². The highest BCUT2D eigenvalue weighted by Crippen LogP contribution is 2.18. The minimum Gasteiger partial charge on any atom is -0.468 e. The van der Waals surface area contributed by atoms with Crippen LogP contribution in [0.15, 0.2) is 0 Å². The molecule has 2 rings (SSSR count). The van der Waals surface area contributed by atoms with Crippen LogP contribution in [-0.4, -0.2) is 56.6 Å². The highest BCUT2D eigenvalue weighted by molar-refractivity contribution is 5.75. The van der Waals surface area contributed by atoms with E-state index < -0.39 is 0 Å². The summed E-state index contributed by atoms with van der Waals surface area (Å²) in [6, 6.07) is -0.0883. The molecule has 0 N–H and O–H groups in total. The number of piperidine rings is 1. The van der Waals surface area contributed by atoms with Gasteiger partial charge in [-0.25, -0.2) is 0 Å². The van der Waals surface area contributed by atoms with Crippen LogP contribution in [-0.2, 0) is 19.0 Å². The molecular formula is C14H25NO4. The molecule has 2 aliphatic rings. The predicted octanol–water partition coefficient (Wildman–Crippen LogP) is 1.56. The van der Waals surface area contributed by atoms with Crippen molar-refractivity contribution in [2.75, 3.05) is 33.4 Å². The van der Waals surface area contributed by atoms with Gasteiger partial charge in [-0.05, 0) is 38.6 Å². The molecule has 2 heterocycles. The summed E-state index contributed by atoms with van der Waals surface area (Å²) in [6.07, 6.45) is 6.40. The van der Waals surface area contributed by atoms with Gasteiger partial charge in [0.15, 0.2) is 6.29 Å². The van der Waals surface area contributed by atoms with Gasteiger partial charge in [-0.1, -0.05) is 6.42 Å². The smallest absolute Gasteiger partial charge is 0.323 e. The molecule has 0 saturated carbocycles. The van der Waals surface area contributed by atoms with E-state index in [9.17, 15) is 4.79 Å². The maximum absolute atomic E-state index is 11.7. The molecule has 0 aromatic rings. The second-order valence-electron chi connectivity index (χ2n) is 5.24. The molecule has 110 valence electrons. The minimum atomic E-state index is -0.117. The Balaban J connectivity index is 1.71. The average Bonchev–Trinajstić information content (AvgIpc) is 2.48. The number of hydrogen-bond acceptors (Lipinski definition) is 5. The zero-order chi connectivity index (χ0) is 13.5. The Morgan fingerprint density at radius 3 is 2.84 bits per heavy atom. The number of carbonyl (C=O) groups is 1. The largest absolute Gasteiger partial charge is 0.468 e. The third kappa shape index (κ3) is 4.44. The number of carbonyl (C=O) groups excluding carboxylic acids is 1. The lowest BCUT2D eigenvalue weighted by molar-refractivity contribution is -0.167. The summed E-state index contributed by atoms with van der Waals surface area (Å²) in [7, 11) is 1.46. The van der Waals surface area contributed by atoms with E-state index in [0.29, 0.717) is 6.61 Å². The quantitative estimate of drug-likeness (QED) is 0.710. The molecule has 2 saturated heterocycles. The van der Waals surface area contributed by atoms with Crippen LogP contribution in [0.4, 0.5) is 0 Å². The minimum absolute atomic E-state index is 0.0462. The highest BCUT2D eigenvalue weighted by atomic mass is 16.7. The second-order valence-corrected chi connectivity index (χ2v) is 5.24. The van der Waals surface area contributed by atoms with E-state index in [0.717, 1.165) is 51.8 Å². The number of methoxy groups -OCH3 is 1. The Labute approximate surface area is 115 Å². The normalized spacial score (nSPS) is 29.1. The van der Waals surface area contributed by atoms with E-state index in [1.54, 1.807) is 0 Å². The molecule has 0 bridgehead atoms. The molecule has 2 fully saturated rings. The Morgan fingerprint density at radius 2 is 2.11 bits per heavy atom. The molecule has 0 amide bonds. The summed E-state index contributed by atoms with van der Waals surface area (Å²) in [6.45, 7) is 3.16. The Morgan fingerprint density at radius 1 is 1.26 bits per heavy atom. The highest BCUT2D eigenvalue weighted by Gasteiger charge is 2.29. The fourth-order valence-electron chi connectivity index (χ4n) is 2.81. The van der Waals surface area contributed by atoms with E-state index in [-0.39, 0.29) is 18.3 Å². The second kappa shape index (κ2) is 7.82. The molecule has 0 radical (unpaired) electrons. The number of esters is 1. The molecule has 5 heteroatoms. The number of hydrogen-bond donors (Lipinski definition) is 0. The summed E-state index contributed by atoms with van der Waals surface area (Å²) < 4.78 is 16.1. The van der Waals surface area contributed by atoms with Crippen LogP contribution in [0.1, 0.15) is 38.5 Å². The fourth-order valence-corrected chi connectivity index (χ4v) is 2.81. The van der Waals surface area contributed by atoms with Gasteiger partial charge in [-0.15, -0.1) is 0 Å². The van der Waals surface area contributed by atoms with Crippen molar-refractivity contribution in [2.45, 2.75) is 50.9 Å². The Bertz CT molecular complexity index is 279. The van der Waals surface area contributed by atoms with Crippen LogP contribution >= 0.6 is 0 Å². The molecule has 0 aromatic carbocycles. The van der Waals surface area contributed by atoms with Crippen LogP contribution in [0.2, 0.25) is 0 Å². The van der Waals surface area contributed by atoms with Gasteiger partial charge in [0.2, 0.25) is 0 Å². The predicted molar refractivity (Wildman–Crippen MR) is 70.8 cm³/mol. The Kier molecular flexibility index (Phi) is 6.07. The van der Waals surface area contributed by atoms with Crippen molar-refractivity contribution in [3.8, 4) is 0 Å². The van der Waals surface area contributed by atoms with Gasteiger partial charge < -0.3 is 14.2 Å². The van der Waals surface area contributed by atoms with Gasteiger partial charge in [0.05, 0.1) is 13.7 Å². The summed E-state index contributed by atoms with van der Waals surface area (Å²) in [4.78, 5) is 13.9. The number of nitrogens with zero attached hydrogens (tertiary/aromatic N) is 1. The first-order valence-corrected chi connectivity index (χ1v) is 7.36. The van der Waals surface area contributed by atoms with Crippen LogP contribution in [0.5, 0.6) is 0 Å². The van der Waals surface area contributed by atoms with Crippen LogP contribution < -0.4 is 0 Å². The van der Waals surface area contributed by atoms with Crippen molar-refractivity contribution >= 4 is 5.97 Å². The molecular weight excluding hydrogens is 246 g/mol. The van der Waals surface area contributed by atoms with Crippen molar-refractivity contribution in [3.05, 3.63) is 0 Å². The molecule has 0 unspecified atom stereocenters. The standard InChI is InChI=1S/C14H25NO4/c1-17-14(16)12-6-2-4-8-15(12)9-11-19-13-7-3-5-10-18-13/h12-13H,2-11H2,1H3/t12-,13+/m1/s1. The van der Waals surface area contributed by atoms with Crippen molar-refractivity contribution in [1.29, 1.82) is 0 Å². The molecule has 2 atom stereocenters. The van der Waals surface area contributed by atoms with Crippen LogP contribution in [0.3, 0.4) is 0 Å². The number of ether oxygens (including phenoxy) is 3. The van der Waals surface area contributed by atoms with E-state index in [1.807, 2.05) is 0 Å². The lowest BCUT2D eigenvalue weighted by Gasteiger charge is -2.34. The van der Waals surface area contributed by atoms with Crippen molar-refractivity contribution in [2.24, 2.45) is 0 Å². The molecule has 0 aliphatic carbocycles.